The zero-order chi connectivity index (χ0) is 33.2. The number of carbonyl (C=O) groups is 3. The Morgan fingerprint density at radius 3 is 2.57 bits per heavy atom. The van der Waals surface area contributed by atoms with Crippen molar-refractivity contribution in [1.82, 2.24) is 15.5 Å². The molecule has 0 bridgehead atoms. The van der Waals surface area contributed by atoms with Gasteiger partial charge in [-0.15, -0.1) is 0 Å². The number of ether oxygens (including phenoxy) is 3. The number of halogens is 1. The summed E-state index contributed by atoms with van der Waals surface area (Å²) in [6, 6.07) is 20.1. The fourth-order valence-corrected chi connectivity index (χ4v) is 5.76. The molecule has 2 N–H and O–H groups in total. The highest BCUT2D eigenvalue weighted by Gasteiger charge is 2.41. The molecule has 1 aliphatic heterocycles. The average molecular weight is 663 g/mol. The number of benzene rings is 3. The van der Waals surface area contributed by atoms with Gasteiger partial charge in [0.2, 0.25) is 17.7 Å². The molecule has 47 heavy (non-hydrogen) atoms. The monoisotopic (exact) mass is 662 g/mol. The number of anilines is 1. The first-order chi connectivity index (χ1) is 22.9. The minimum atomic E-state index is -0.699. The predicted octanol–water partition coefficient (Wildman–Crippen LogP) is 4.86. The summed E-state index contributed by atoms with van der Waals surface area (Å²) in [6.45, 7) is 4.50. The minimum absolute atomic E-state index is 0.0313. The van der Waals surface area contributed by atoms with Crippen LogP contribution >= 0.6 is 11.6 Å². The molecule has 250 valence electrons. The molecule has 1 aliphatic carbocycles. The molecule has 1 saturated carbocycles. The molecule has 0 aromatic heterocycles. The highest BCUT2D eigenvalue weighted by atomic mass is 35.5. The van der Waals surface area contributed by atoms with E-state index in [1.165, 1.54) is 0 Å². The Hall–Kier alpha value is -4.12. The zero-order valence-corrected chi connectivity index (χ0v) is 27.8. The van der Waals surface area contributed by atoms with E-state index in [0.717, 1.165) is 35.3 Å². The molecule has 3 aromatic carbocycles. The van der Waals surface area contributed by atoms with Crippen LogP contribution in [0, 0.1) is 0 Å². The van der Waals surface area contributed by atoms with E-state index in [0.29, 0.717) is 68.8 Å². The number of hydrogen-bond acceptors (Lipinski definition) is 7. The lowest BCUT2D eigenvalue weighted by Crippen LogP contribution is -2.61. The summed E-state index contributed by atoms with van der Waals surface area (Å²) in [5.41, 5.74) is 3.36. The number of methoxy groups -OCH3 is 1. The quantitative estimate of drug-likeness (QED) is 0.211. The molecule has 0 spiro atoms. The molecule has 2 fully saturated rings. The molecule has 0 radical (unpaired) electrons. The van der Waals surface area contributed by atoms with E-state index >= 15 is 0 Å². The second-order valence-electron chi connectivity index (χ2n) is 11.7. The van der Waals surface area contributed by atoms with Gasteiger partial charge in [-0.25, -0.2) is 0 Å². The summed E-state index contributed by atoms with van der Waals surface area (Å²) in [5, 5.41) is 6.56. The Kier molecular flexibility index (Phi) is 12.1. The van der Waals surface area contributed by atoms with Crippen LogP contribution < -0.4 is 25.0 Å². The molecule has 2 aliphatic rings. The summed E-state index contributed by atoms with van der Waals surface area (Å²) in [5.74, 6) is 1.16. The average Bonchev–Trinajstić information content (AvgIpc) is 3.94. The summed E-state index contributed by atoms with van der Waals surface area (Å²) in [4.78, 5) is 42.6. The predicted molar refractivity (Wildman–Crippen MR) is 181 cm³/mol. The van der Waals surface area contributed by atoms with E-state index in [-0.39, 0.29) is 30.3 Å². The van der Waals surface area contributed by atoms with Gasteiger partial charge in [0.1, 0.15) is 17.5 Å². The Balaban J connectivity index is 1.18. The zero-order valence-electron chi connectivity index (χ0n) is 27.0. The van der Waals surface area contributed by atoms with Crippen LogP contribution in [-0.2, 0) is 38.8 Å². The number of piperazine rings is 1. The maximum atomic E-state index is 14.1. The number of carbonyl (C=O) groups excluding carboxylic acids is 3. The third-order valence-electron chi connectivity index (χ3n) is 8.28. The smallest absolute Gasteiger partial charge is 0.247 e. The summed E-state index contributed by atoms with van der Waals surface area (Å²) >= 11 is 6.58. The highest BCUT2D eigenvalue weighted by Crippen LogP contribution is 2.33. The van der Waals surface area contributed by atoms with E-state index in [1.54, 1.807) is 18.1 Å². The van der Waals surface area contributed by atoms with Crippen LogP contribution in [0.15, 0.2) is 66.7 Å². The van der Waals surface area contributed by atoms with Gasteiger partial charge >= 0.3 is 0 Å². The Morgan fingerprint density at radius 1 is 1.04 bits per heavy atom. The standard InChI is InChI=1S/C36H43ClN4O6/c1-3-34(42)39-20-25-9-16-31(37)27(19-25)23-40(28-10-11-28)36(44)32-21-38-22-35(43)41(32)29-12-14-30(15-13-29)47-18-6-17-46-24-26-7-4-5-8-33(26)45-2/h4-5,7-9,12-16,19,28,32,38H,3,6,10-11,17-18,20-24H2,1-2H3,(H,39,42)/t32-/m1/s1. The van der Waals surface area contributed by atoms with E-state index in [9.17, 15) is 14.4 Å². The van der Waals surface area contributed by atoms with Gasteiger partial charge in [0.25, 0.3) is 0 Å². The second-order valence-corrected chi connectivity index (χ2v) is 12.1. The van der Waals surface area contributed by atoms with Crippen LogP contribution in [0.4, 0.5) is 5.69 Å². The van der Waals surface area contributed by atoms with Crippen molar-refractivity contribution in [1.29, 1.82) is 0 Å². The van der Waals surface area contributed by atoms with Gasteiger partial charge in [-0.1, -0.05) is 48.9 Å². The first kappa shape index (κ1) is 34.2. The fourth-order valence-electron chi connectivity index (χ4n) is 5.58. The highest BCUT2D eigenvalue weighted by molar-refractivity contribution is 6.31. The lowest BCUT2D eigenvalue weighted by Gasteiger charge is -2.38. The Morgan fingerprint density at radius 2 is 1.83 bits per heavy atom. The fraction of sp³-hybridized carbons (Fsp3) is 0.417. The molecular weight excluding hydrogens is 620 g/mol. The van der Waals surface area contributed by atoms with Crippen molar-refractivity contribution in [3.63, 3.8) is 0 Å². The molecule has 3 aromatic rings. The second kappa shape index (κ2) is 16.6. The van der Waals surface area contributed by atoms with Crippen molar-refractivity contribution >= 4 is 35.0 Å². The third-order valence-corrected chi connectivity index (χ3v) is 8.65. The molecule has 3 amide bonds. The largest absolute Gasteiger partial charge is 0.496 e. The molecule has 1 heterocycles. The minimum Gasteiger partial charge on any atom is -0.496 e. The maximum Gasteiger partial charge on any atom is 0.247 e. The maximum absolute atomic E-state index is 14.1. The van der Waals surface area contributed by atoms with E-state index in [1.807, 2.05) is 72.5 Å². The molecule has 5 rings (SSSR count). The number of rotatable bonds is 16. The van der Waals surface area contributed by atoms with Crippen molar-refractivity contribution in [2.45, 2.75) is 64.4 Å². The lowest BCUT2D eigenvalue weighted by atomic mass is 10.1. The van der Waals surface area contributed by atoms with Crippen molar-refractivity contribution < 1.29 is 28.6 Å². The van der Waals surface area contributed by atoms with Crippen LogP contribution in [-0.4, -0.2) is 68.1 Å². The van der Waals surface area contributed by atoms with E-state index in [2.05, 4.69) is 10.6 Å². The van der Waals surface area contributed by atoms with Gasteiger partial charge in [0, 0.05) is 54.8 Å². The van der Waals surface area contributed by atoms with Gasteiger partial charge < -0.3 is 29.7 Å². The summed E-state index contributed by atoms with van der Waals surface area (Å²) < 4.78 is 17.1. The van der Waals surface area contributed by atoms with Crippen LogP contribution in [0.25, 0.3) is 0 Å². The number of hydrogen-bond donors (Lipinski definition) is 2. The van der Waals surface area contributed by atoms with Crippen LogP contribution in [0.1, 0.15) is 49.3 Å². The van der Waals surface area contributed by atoms with Gasteiger partial charge in [-0.3, -0.25) is 19.3 Å². The molecule has 1 atom stereocenters. The van der Waals surface area contributed by atoms with Crippen molar-refractivity contribution in [3.8, 4) is 11.5 Å². The number of nitrogens with one attached hydrogen (secondary N) is 2. The Bertz CT molecular complexity index is 1530. The SMILES string of the molecule is CCC(=O)NCc1ccc(Cl)c(CN(C(=O)[C@H]2CNCC(=O)N2c2ccc(OCCCOCc3ccccc3OC)cc2)C2CC2)c1. The van der Waals surface area contributed by atoms with Crippen molar-refractivity contribution in [2.24, 2.45) is 0 Å². The van der Waals surface area contributed by atoms with Gasteiger partial charge in [0.05, 0.1) is 33.5 Å². The first-order valence-corrected chi connectivity index (χ1v) is 16.6. The van der Waals surface area contributed by atoms with E-state index in [4.69, 9.17) is 25.8 Å². The molecule has 11 heteroatoms. The van der Waals surface area contributed by atoms with Crippen LogP contribution in [0.5, 0.6) is 11.5 Å². The number of para-hydroxylation sites is 1. The summed E-state index contributed by atoms with van der Waals surface area (Å²) in [6.07, 6.45) is 2.93. The number of amides is 3. The van der Waals surface area contributed by atoms with Crippen LogP contribution in [0.2, 0.25) is 5.02 Å². The molecule has 10 nitrogen and oxygen atoms in total. The molecular formula is C36H43ClN4O6. The Labute approximate surface area is 281 Å². The molecule has 0 unspecified atom stereocenters. The van der Waals surface area contributed by atoms with Crippen molar-refractivity contribution in [2.75, 3.05) is 38.3 Å². The van der Waals surface area contributed by atoms with Gasteiger partial charge in [-0.2, -0.15) is 0 Å². The summed E-state index contributed by atoms with van der Waals surface area (Å²) in [7, 11) is 1.65. The van der Waals surface area contributed by atoms with Gasteiger partial charge in [0.15, 0.2) is 0 Å². The molecule has 1 saturated heterocycles. The normalized spacial score (nSPS) is 16.1. The topological polar surface area (TPSA) is 109 Å². The van der Waals surface area contributed by atoms with Gasteiger partial charge in [-0.05, 0) is 60.4 Å². The first-order valence-electron chi connectivity index (χ1n) is 16.2. The number of nitrogens with zero attached hydrogens (tertiary/aromatic N) is 2. The van der Waals surface area contributed by atoms with E-state index < -0.39 is 6.04 Å². The van der Waals surface area contributed by atoms with Crippen LogP contribution in [0.3, 0.4) is 0 Å². The third kappa shape index (κ3) is 9.24. The van der Waals surface area contributed by atoms with Crippen molar-refractivity contribution in [3.05, 3.63) is 88.4 Å². The lowest BCUT2D eigenvalue weighted by molar-refractivity contribution is -0.136.